The van der Waals surface area contributed by atoms with Gasteiger partial charge in [0.1, 0.15) is 15.8 Å². The molecule has 0 unspecified atom stereocenters. The fourth-order valence-electron chi connectivity index (χ4n) is 3.97. The van der Waals surface area contributed by atoms with Crippen LogP contribution in [0, 0.1) is 0 Å². The predicted molar refractivity (Wildman–Crippen MR) is 114 cm³/mol. The Balaban J connectivity index is 1.29. The second-order valence-electron chi connectivity index (χ2n) is 7.67. The number of nitrogens with zero attached hydrogens (tertiary/aromatic N) is 5. The zero-order chi connectivity index (χ0) is 21.4. The summed E-state index contributed by atoms with van der Waals surface area (Å²) in [6.45, 7) is 1.22. The van der Waals surface area contributed by atoms with Gasteiger partial charge in [-0.1, -0.05) is 41.7 Å². The molecule has 1 aromatic carbocycles. The SMILES string of the molecule is COc1ccc(C2(N3CCN(Cc4nnc(-c5ccccc5)s4)C(=O)C3=O)CC2)nc1. The van der Waals surface area contributed by atoms with Crippen molar-refractivity contribution in [2.24, 2.45) is 0 Å². The summed E-state index contributed by atoms with van der Waals surface area (Å²) in [7, 11) is 1.59. The molecule has 8 nitrogen and oxygen atoms in total. The Kier molecular flexibility index (Phi) is 4.90. The van der Waals surface area contributed by atoms with Gasteiger partial charge < -0.3 is 14.5 Å². The van der Waals surface area contributed by atoms with Gasteiger partial charge in [0.05, 0.1) is 31.1 Å². The van der Waals surface area contributed by atoms with Gasteiger partial charge in [-0.25, -0.2) is 0 Å². The first-order valence-electron chi connectivity index (χ1n) is 10.1. The minimum atomic E-state index is -0.498. The van der Waals surface area contributed by atoms with Crippen LogP contribution in [0.25, 0.3) is 10.6 Å². The third kappa shape index (κ3) is 3.54. The molecule has 0 bridgehead atoms. The first-order valence-corrected chi connectivity index (χ1v) is 10.9. The van der Waals surface area contributed by atoms with Gasteiger partial charge in [-0.2, -0.15) is 0 Å². The highest BCUT2D eigenvalue weighted by molar-refractivity contribution is 7.14. The first-order chi connectivity index (χ1) is 15.1. The summed E-state index contributed by atoms with van der Waals surface area (Å²) in [5.41, 5.74) is 1.31. The lowest BCUT2D eigenvalue weighted by Gasteiger charge is -2.38. The van der Waals surface area contributed by atoms with Crippen LogP contribution in [-0.4, -0.2) is 57.0 Å². The Bertz CT molecular complexity index is 1110. The smallest absolute Gasteiger partial charge is 0.312 e. The first kappa shape index (κ1) is 19.6. The van der Waals surface area contributed by atoms with E-state index < -0.39 is 17.4 Å². The second kappa shape index (κ2) is 7.73. The van der Waals surface area contributed by atoms with E-state index in [1.807, 2.05) is 42.5 Å². The van der Waals surface area contributed by atoms with Crippen LogP contribution in [0.1, 0.15) is 23.5 Å². The number of aromatic nitrogens is 3. The van der Waals surface area contributed by atoms with Crippen molar-refractivity contribution in [3.8, 4) is 16.3 Å². The molecule has 0 N–H and O–H groups in total. The molecule has 5 rings (SSSR count). The van der Waals surface area contributed by atoms with Crippen molar-refractivity contribution in [2.75, 3.05) is 20.2 Å². The van der Waals surface area contributed by atoms with Crippen molar-refractivity contribution in [3.05, 3.63) is 59.4 Å². The van der Waals surface area contributed by atoms with Crippen molar-refractivity contribution < 1.29 is 14.3 Å². The van der Waals surface area contributed by atoms with Gasteiger partial charge in [0.15, 0.2) is 0 Å². The van der Waals surface area contributed by atoms with E-state index in [2.05, 4.69) is 15.2 Å². The summed E-state index contributed by atoms with van der Waals surface area (Å²) in [4.78, 5) is 33.6. The van der Waals surface area contributed by atoms with Crippen LogP contribution in [0.5, 0.6) is 5.75 Å². The molecule has 2 aromatic heterocycles. The monoisotopic (exact) mass is 435 g/mol. The van der Waals surface area contributed by atoms with E-state index in [4.69, 9.17) is 4.74 Å². The molecule has 2 amide bonds. The maximum atomic E-state index is 13.0. The molecule has 3 aromatic rings. The summed E-state index contributed by atoms with van der Waals surface area (Å²) < 4.78 is 5.17. The third-order valence-electron chi connectivity index (χ3n) is 5.81. The lowest BCUT2D eigenvalue weighted by molar-refractivity contribution is -0.159. The third-order valence-corrected chi connectivity index (χ3v) is 6.77. The summed E-state index contributed by atoms with van der Waals surface area (Å²) in [5.74, 6) is -0.310. The van der Waals surface area contributed by atoms with E-state index in [0.29, 0.717) is 23.8 Å². The number of hydrogen-bond acceptors (Lipinski definition) is 7. The second-order valence-corrected chi connectivity index (χ2v) is 8.73. The van der Waals surface area contributed by atoms with Crippen molar-refractivity contribution in [1.82, 2.24) is 25.0 Å². The summed E-state index contributed by atoms with van der Waals surface area (Å²) >= 11 is 1.44. The van der Waals surface area contributed by atoms with Crippen LogP contribution >= 0.6 is 11.3 Å². The van der Waals surface area contributed by atoms with Gasteiger partial charge in [-0.3, -0.25) is 14.6 Å². The number of carbonyl (C=O) groups is 2. The molecule has 2 aliphatic rings. The minimum Gasteiger partial charge on any atom is -0.495 e. The van der Waals surface area contributed by atoms with E-state index in [0.717, 1.165) is 29.1 Å². The highest BCUT2D eigenvalue weighted by atomic mass is 32.1. The Hall–Kier alpha value is -3.33. The van der Waals surface area contributed by atoms with E-state index in [1.54, 1.807) is 23.1 Å². The van der Waals surface area contributed by atoms with E-state index in [-0.39, 0.29) is 6.54 Å². The number of ether oxygens (including phenoxy) is 1. The molecular weight excluding hydrogens is 414 g/mol. The van der Waals surface area contributed by atoms with E-state index in [1.165, 1.54) is 11.3 Å². The Morgan fingerprint density at radius 3 is 2.52 bits per heavy atom. The number of benzene rings is 1. The van der Waals surface area contributed by atoms with Crippen molar-refractivity contribution >= 4 is 23.2 Å². The molecular formula is C22H21N5O3S. The largest absolute Gasteiger partial charge is 0.495 e. The van der Waals surface area contributed by atoms with Gasteiger partial charge in [-0.05, 0) is 25.0 Å². The summed E-state index contributed by atoms with van der Waals surface area (Å²) in [6, 6.07) is 13.5. The molecule has 9 heteroatoms. The van der Waals surface area contributed by atoms with Crippen LogP contribution in [0.2, 0.25) is 0 Å². The van der Waals surface area contributed by atoms with Crippen molar-refractivity contribution in [3.63, 3.8) is 0 Å². The van der Waals surface area contributed by atoms with Crippen LogP contribution in [0.15, 0.2) is 48.7 Å². The maximum absolute atomic E-state index is 13.0. The van der Waals surface area contributed by atoms with E-state index in [9.17, 15) is 9.59 Å². The lowest BCUT2D eigenvalue weighted by atomic mass is 10.1. The number of pyridine rings is 1. The number of hydrogen-bond donors (Lipinski definition) is 0. The Labute approximate surface area is 183 Å². The standard InChI is InChI=1S/C22H21N5O3S/c1-30-16-7-8-17(23-13-16)22(9-10-22)27-12-11-26(20(28)21(27)29)14-18-24-25-19(31-18)15-5-3-2-4-6-15/h2-8,13H,9-12,14H2,1H3. The van der Waals surface area contributed by atoms with Crippen LogP contribution in [0.4, 0.5) is 0 Å². The minimum absolute atomic E-state index is 0.288. The molecule has 158 valence electrons. The number of rotatable bonds is 6. The number of piperazine rings is 1. The maximum Gasteiger partial charge on any atom is 0.312 e. The predicted octanol–water partition coefficient (Wildman–Crippen LogP) is 2.47. The zero-order valence-electron chi connectivity index (χ0n) is 17.0. The topological polar surface area (TPSA) is 88.5 Å². The van der Waals surface area contributed by atoms with Crippen molar-refractivity contribution in [2.45, 2.75) is 24.9 Å². The number of carbonyl (C=O) groups excluding carboxylic acids is 2. The van der Waals surface area contributed by atoms with E-state index >= 15 is 0 Å². The number of amides is 2. The fraction of sp³-hybridized carbons (Fsp3) is 0.318. The zero-order valence-corrected chi connectivity index (χ0v) is 17.8. The normalized spacial score (nSPS) is 17.7. The molecule has 1 saturated heterocycles. The van der Waals surface area contributed by atoms with Crippen molar-refractivity contribution in [1.29, 1.82) is 0 Å². The fourth-order valence-corrected chi connectivity index (χ4v) is 4.83. The van der Waals surface area contributed by atoms with Gasteiger partial charge in [0, 0.05) is 18.7 Å². The molecule has 2 fully saturated rings. The van der Waals surface area contributed by atoms with Gasteiger partial charge >= 0.3 is 11.8 Å². The Morgan fingerprint density at radius 1 is 1.03 bits per heavy atom. The molecule has 1 aliphatic carbocycles. The summed E-state index contributed by atoms with van der Waals surface area (Å²) in [6.07, 6.45) is 3.27. The summed E-state index contributed by atoms with van der Waals surface area (Å²) in [5, 5.41) is 9.96. The lowest BCUT2D eigenvalue weighted by Crippen LogP contribution is -2.57. The highest BCUT2D eigenvalue weighted by Crippen LogP contribution is 2.51. The van der Waals surface area contributed by atoms with Crippen LogP contribution in [-0.2, 0) is 21.7 Å². The Morgan fingerprint density at radius 2 is 1.84 bits per heavy atom. The molecule has 0 spiro atoms. The molecule has 3 heterocycles. The highest BCUT2D eigenvalue weighted by Gasteiger charge is 2.55. The van der Waals surface area contributed by atoms with Gasteiger partial charge in [0.25, 0.3) is 0 Å². The molecule has 0 atom stereocenters. The van der Waals surface area contributed by atoms with Gasteiger partial charge in [0.2, 0.25) is 0 Å². The van der Waals surface area contributed by atoms with Gasteiger partial charge in [-0.15, -0.1) is 10.2 Å². The average Bonchev–Trinajstić information content (AvgIpc) is 3.48. The molecule has 1 saturated carbocycles. The van der Waals surface area contributed by atoms with Crippen LogP contribution < -0.4 is 4.74 Å². The quantitative estimate of drug-likeness (QED) is 0.553. The average molecular weight is 436 g/mol. The molecule has 31 heavy (non-hydrogen) atoms. The van der Waals surface area contributed by atoms with Crippen LogP contribution in [0.3, 0.4) is 0 Å². The number of methoxy groups -OCH3 is 1. The molecule has 1 aliphatic heterocycles. The molecule has 0 radical (unpaired) electrons.